The summed E-state index contributed by atoms with van der Waals surface area (Å²) < 4.78 is 0. The van der Waals surface area contributed by atoms with Gasteiger partial charge in [0.15, 0.2) is 0 Å². The van der Waals surface area contributed by atoms with Crippen LogP contribution in [0.25, 0.3) is 9.69 Å². The number of nitrogens with zero attached hydrogens (tertiary/aromatic N) is 7. The third kappa shape index (κ3) is 7.99. The number of rotatable bonds is 14. The molecule has 0 saturated heterocycles. The molecule has 1 unspecified atom stereocenters. The molecule has 8 nitrogen and oxygen atoms in total. The summed E-state index contributed by atoms with van der Waals surface area (Å²) in [6.45, 7) is 17.4. The molecule has 0 fully saturated rings. The molecule has 0 aliphatic rings. The molecule has 3 aromatic rings. The average Bonchev–Trinajstić information content (AvgIpc) is 3.01. The predicted octanol–water partition coefficient (Wildman–Crippen LogP) is 5.21. The third-order valence-electron chi connectivity index (χ3n) is 6.91. The highest BCUT2D eigenvalue weighted by atomic mass is 15.1. The van der Waals surface area contributed by atoms with Crippen LogP contribution in [0.5, 0.6) is 0 Å². The van der Waals surface area contributed by atoms with Crippen molar-refractivity contribution in [2.75, 3.05) is 68.1 Å². The molecule has 0 heterocycles. The standard InChI is InChI=1S/C32H34N8/c1-35-21-25-39(23-5-19-33)31-15-11-29(12-16-31)37(3)27-7-9-28(10-8-27)38(4)30-13-17-32(18-14-30)40(24-6-20-34)26-22-36-2/h7-18H,5-6,21-26H2,3-4H3/p+1. The molecule has 0 radical (unpaired) electrons. The van der Waals surface area contributed by atoms with Crippen molar-refractivity contribution in [2.24, 2.45) is 0 Å². The SMILES string of the molecule is [C-]#[N+]CCN(CCC#N)c1ccc(N(C)c2ccc([NH+](C)c3ccc(N(CCC#N)CC[N+]#[C-])cc3)cc2)cc1. The van der Waals surface area contributed by atoms with Crippen LogP contribution in [0, 0.1) is 35.8 Å². The molecule has 0 bridgehead atoms. The van der Waals surface area contributed by atoms with E-state index in [0.717, 1.165) is 34.1 Å². The van der Waals surface area contributed by atoms with Crippen LogP contribution in [0.1, 0.15) is 12.8 Å². The first-order valence-corrected chi connectivity index (χ1v) is 13.3. The molecule has 202 valence electrons. The van der Waals surface area contributed by atoms with Crippen molar-refractivity contribution in [3.8, 4) is 12.1 Å². The Labute approximate surface area is 238 Å². The number of benzene rings is 3. The fourth-order valence-electron chi connectivity index (χ4n) is 4.51. The number of hydrogen-bond donors (Lipinski definition) is 1. The van der Waals surface area contributed by atoms with Crippen LogP contribution in [0.4, 0.5) is 34.1 Å². The molecular formula is C32H35N8+. The molecule has 1 atom stereocenters. The van der Waals surface area contributed by atoms with Gasteiger partial charge in [0.1, 0.15) is 11.4 Å². The van der Waals surface area contributed by atoms with Crippen molar-refractivity contribution in [2.45, 2.75) is 12.8 Å². The van der Waals surface area contributed by atoms with Crippen molar-refractivity contribution >= 4 is 34.1 Å². The topological polar surface area (TPSA) is 70.5 Å². The first kappa shape index (κ1) is 29.5. The summed E-state index contributed by atoms with van der Waals surface area (Å²) in [4.78, 5) is 14.4. The molecule has 40 heavy (non-hydrogen) atoms. The maximum atomic E-state index is 8.97. The van der Waals surface area contributed by atoms with E-state index in [-0.39, 0.29) is 0 Å². The van der Waals surface area contributed by atoms with E-state index in [2.05, 4.69) is 104 Å². The second kappa shape index (κ2) is 15.4. The lowest BCUT2D eigenvalue weighted by Gasteiger charge is -2.24. The smallest absolute Gasteiger partial charge is 0.231 e. The fourth-order valence-corrected chi connectivity index (χ4v) is 4.51. The molecule has 1 N–H and O–H groups in total. The zero-order valence-electron chi connectivity index (χ0n) is 23.2. The summed E-state index contributed by atoms with van der Waals surface area (Å²) in [6.07, 6.45) is 0.858. The molecule has 0 amide bonds. The molecule has 0 aliphatic carbocycles. The van der Waals surface area contributed by atoms with Gasteiger partial charge in [-0.25, -0.2) is 13.1 Å². The maximum Gasteiger partial charge on any atom is 0.231 e. The highest BCUT2D eigenvalue weighted by Gasteiger charge is 2.14. The summed E-state index contributed by atoms with van der Waals surface area (Å²) in [5.41, 5.74) is 6.44. The van der Waals surface area contributed by atoms with Crippen molar-refractivity contribution in [3.05, 3.63) is 95.6 Å². The van der Waals surface area contributed by atoms with Crippen LogP contribution < -0.4 is 19.6 Å². The van der Waals surface area contributed by atoms with Gasteiger partial charge in [-0.2, -0.15) is 10.5 Å². The lowest BCUT2D eigenvalue weighted by Crippen LogP contribution is -2.98. The summed E-state index contributed by atoms with van der Waals surface area (Å²) in [5.74, 6) is 0. The highest BCUT2D eigenvalue weighted by molar-refractivity contribution is 5.66. The van der Waals surface area contributed by atoms with Gasteiger partial charge in [0.2, 0.25) is 13.1 Å². The number of nitrogens with one attached hydrogen (secondary N) is 1. The van der Waals surface area contributed by atoms with E-state index in [9.17, 15) is 0 Å². The molecule has 0 saturated carbocycles. The van der Waals surface area contributed by atoms with E-state index in [4.69, 9.17) is 23.7 Å². The van der Waals surface area contributed by atoms with Gasteiger partial charge in [0, 0.05) is 67.2 Å². The van der Waals surface area contributed by atoms with Crippen molar-refractivity contribution in [1.29, 1.82) is 10.5 Å². The van der Waals surface area contributed by atoms with Gasteiger partial charge >= 0.3 is 0 Å². The predicted molar refractivity (Wildman–Crippen MR) is 161 cm³/mol. The zero-order chi connectivity index (χ0) is 28.7. The number of anilines is 4. The van der Waals surface area contributed by atoms with Gasteiger partial charge in [-0.3, -0.25) is 4.90 Å². The van der Waals surface area contributed by atoms with E-state index in [1.54, 1.807) is 0 Å². The normalized spacial score (nSPS) is 10.8. The molecule has 3 rings (SSSR count). The van der Waals surface area contributed by atoms with Crippen LogP contribution in [-0.2, 0) is 0 Å². The largest absolute Gasteiger partial charge is 0.363 e. The summed E-state index contributed by atoms with van der Waals surface area (Å²) in [7, 11) is 4.16. The van der Waals surface area contributed by atoms with E-state index >= 15 is 0 Å². The molecule has 3 aromatic carbocycles. The van der Waals surface area contributed by atoms with Gasteiger partial charge in [0.05, 0.1) is 45.1 Å². The summed E-state index contributed by atoms with van der Waals surface area (Å²) in [5, 5.41) is 17.9. The van der Waals surface area contributed by atoms with Gasteiger partial charge in [0.25, 0.3) is 0 Å². The molecule has 0 spiro atoms. The zero-order valence-corrected chi connectivity index (χ0v) is 23.2. The second-order valence-corrected chi connectivity index (χ2v) is 9.35. The first-order chi connectivity index (χ1) is 19.5. The van der Waals surface area contributed by atoms with Crippen molar-refractivity contribution in [3.63, 3.8) is 0 Å². The van der Waals surface area contributed by atoms with Gasteiger partial charge in [-0.05, 0) is 48.5 Å². The Hall–Kier alpha value is -5.02. The Morgan fingerprint density at radius 3 is 1.35 bits per heavy atom. The highest BCUT2D eigenvalue weighted by Crippen LogP contribution is 2.27. The van der Waals surface area contributed by atoms with Gasteiger partial charge < -0.3 is 24.4 Å². The molecule has 8 heteroatoms. The number of nitriles is 2. The average molecular weight is 532 g/mol. The monoisotopic (exact) mass is 531 g/mol. The minimum atomic E-state index is 0.407. The first-order valence-electron chi connectivity index (χ1n) is 13.3. The minimum absolute atomic E-state index is 0.407. The van der Waals surface area contributed by atoms with Gasteiger partial charge in [-0.15, -0.1) is 0 Å². The van der Waals surface area contributed by atoms with E-state index in [0.29, 0.717) is 52.1 Å². The quantitative estimate of drug-likeness (QED) is 0.289. The number of hydrogen-bond acceptors (Lipinski definition) is 5. The Kier molecular flexibility index (Phi) is 11.4. The van der Waals surface area contributed by atoms with Crippen molar-refractivity contribution < 1.29 is 4.90 Å². The lowest BCUT2D eigenvalue weighted by atomic mass is 10.2. The Balaban J connectivity index is 1.68. The Bertz CT molecular complexity index is 1230. The maximum absolute atomic E-state index is 8.97. The summed E-state index contributed by atoms with van der Waals surface area (Å²) in [6, 6.07) is 29.4. The van der Waals surface area contributed by atoms with Crippen LogP contribution >= 0.6 is 0 Å². The molecule has 0 aromatic heterocycles. The van der Waals surface area contributed by atoms with E-state index in [1.807, 2.05) is 19.2 Å². The Morgan fingerprint density at radius 1 is 0.625 bits per heavy atom. The van der Waals surface area contributed by atoms with E-state index in [1.165, 1.54) is 4.90 Å². The minimum Gasteiger partial charge on any atom is -0.363 e. The number of quaternary nitrogens is 1. The van der Waals surface area contributed by atoms with Crippen LogP contribution in [0.2, 0.25) is 0 Å². The van der Waals surface area contributed by atoms with Gasteiger partial charge in [-0.1, -0.05) is 0 Å². The fraction of sp³-hybridized carbons (Fsp3) is 0.312. The van der Waals surface area contributed by atoms with E-state index < -0.39 is 0 Å². The second-order valence-electron chi connectivity index (χ2n) is 9.35. The lowest BCUT2D eigenvalue weighted by molar-refractivity contribution is -0.735. The summed E-state index contributed by atoms with van der Waals surface area (Å²) >= 11 is 0. The molecule has 0 aliphatic heterocycles. The van der Waals surface area contributed by atoms with Crippen molar-refractivity contribution in [1.82, 2.24) is 0 Å². The van der Waals surface area contributed by atoms with Crippen LogP contribution in [0.3, 0.4) is 0 Å². The Morgan fingerprint density at radius 2 is 0.975 bits per heavy atom. The third-order valence-corrected chi connectivity index (χ3v) is 6.91. The van der Waals surface area contributed by atoms with Crippen LogP contribution in [0.15, 0.2) is 72.8 Å². The van der Waals surface area contributed by atoms with Crippen LogP contribution in [-0.4, -0.2) is 53.4 Å². The molecular weight excluding hydrogens is 496 g/mol.